The summed E-state index contributed by atoms with van der Waals surface area (Å²) in [5, 5.41) is 20.5. The highest BCUT2D eigenvalue weighted by atomic mass is 19.1. The van der Waals surface area contributed by atoms with Crippen LogP contribution in [0, 0.1) is 5.82 Å². The first kappa shape index (κ1) is 20.0. The van der Waals surface area contributed by atoms with Crippen LogP contribution in [0.5, 0.6) is 5.75 Å². The summed E-state index contributed by atoms with van der Waals surface area (Å²) in [7, 11) is 0. The standard InChI is InChI=1S/C20H20FNO5/c21-16-13-14(11-12-17(16)23)18(9-5-2-6-10-19(24)25)27-20(26)22-15-7-3-1-4-8-15/h1,3-4,6-8,10-13,18,23H,2,5,9H2,(H,22,26)(H,24,25)/b10-6+/t18-/m0/s1. The first-order chi connectivity index (χ1) is 13.0. The molecule has 2 aromatic carbocycles. The third-order valence-corrected chi connectivity index (χ3v) is 3.71. The number of amides is 1. The van der Waals surface area contributed by atoms with Gasteiger partial charge in [-0.15, -0.1) is 0 Å². The zero-order chi connectivity index (χ0) is 19.6. The molecule has 0 heterocycles. The number of nitrogens with one attached hydrogen (secondary N) is 1. The first-order valence-electron chi connectivity index (χ1n) is 8.36. The van der Waals surface area contributed by atoms with Crippen molar-refractivity contribution in [3.05, 3.63) is 72.1 Å². The van der Waals surface area contributed by atoms with Crippen LogP contribution < -0.4 is 5.32 Å². The number of para-hydroxylation sites is 1. The molecule has 2 aromatic rings. The van der Waals surface area contributed by atoms with E-state index < -0.39 is 29.7 Å². The first-order valence-corrected chi connectivity index (χ1v) is 8.36. The van der Waals surface area contributed by atoms with Crippen LogP contribution in [-0.4, -0.2) is 22.3 Å². The molecule has 0 aliphatic heterocycles. The van der Waals surface area contributed by atoms with E-state index >= 15 is 0 Å². The summed E-state index contributed by atoms with van der Waals surface area (Å²) in [6, 6.07) is 12.5. The Morgan fingerprint density at radius 2 is 1.93 bits per heavy atom. The highest BCUT2D eigenvalue weighted by Gasteiger charge is 2.18. The van der Waals surface area contributed by atoms with Gasteiger partial charge in [-0.05, 0) is 49.1 Å². The number of phenolic OH excluding ortho intramolecular Hbond substituents is 1. The number of halogens is 1. The van der Waals surface area contributed by atoms with Gasteiger partial charge in [-0.3, -0.25) is 5.32 Å². The minimum absolute atomic E-state index is 0.358. The van der Waals surface area contributed by atoms with Crippen LogP contribution in [0.1, 0.15) is 30.9 Å². The molecule has 0 saturated heterocycles. The van der Waals surface area contributed by atoms with Crippen molar-refractivity contribution in [1.29, 1.82) is 0 Å². The quantitative estimate of drug-likeness (QED) is 0.463. The maximum atomic E-state index is 13.7. The van der Waals surface area contributed by atoms with E-state index in [1.165, 1.54) is 18.2 Å². The highest BCUT2D eigenvalue weighted by molar-refractivity contribution is 5.84. The molecule has 0 radical (unpaired) electrons. The summed E-state index contributed by atoms with van der Waals surface area (Å²) < 4.78 is 19.1. The van der Waals surface area contributed by atoms with Gasteiger partial charge < -0.3 is 14.9 Å². The molecular weight excluding hydrogens is 353 g/mol. The number of allylic oxidation sites excluding steroid dienone is 1. The van der Waals surface area contributed by atoms with Crippen molar-refractivity contribution in [2.75, 3.05) is 5.32 Å². The summed E-state index contributed by atoms with van der Waals surface area (Å²) in [5.41, 5.74) is 0.957. The number of ether oxygens (including phenoxy) is 1. The maximum absolute atomic E-state index is 13.7. The van der Waals surface area contributed by atoms with E-state index in [1.807, 2.05) is 6.07 Å². The predicted molar refractivity (Wildman–Crippen MR) is 98.0 cm³/mol. The molecule has 0 fully saturated rings. The molecule has 6 nitrogen and oxygen atoms in total. The van der Waals surface area contributed by atoms with Crippen molar-refractivity contribution < 1.29 is 28.9 Å². The normalized spacial score (nSPS) is 11.9. The minimum atomic E-state index is -1.04. The Hall–Kier alpha value is -3.35. The van der Waals surface area contributed by atoms with Crippen molar-refractivity contribution in [3.8, 4) is 5.75 Å². The summed E-state index contributed by atoms with van der Waals surface area (Å²) >= 11 is 0. The van der Waals surface area contributed by atoms with Crippen molar-refractivity contribution in [3.63, 3.8) is 0 Å². The lowest BCUT2D eigenvalue weighted by molar-refractivity contribution is -0.131. The number of unbranched alkanes of at least 4 members (excludes halogenated alkanes) is 1. The van der Waals surface area contributed by atoms with Crippen LogP contribution in [0.15, 0.2) is 60.7 Å². The average molecular weight is 373 g/mol. The molecule has 0 spiro atoms. The van der Waals surface area contributed by atoms with Crippen LogP contribution >= 0.6 is 0 Å². The molecule has 1 atom stereocenters. The number of carboxylic acids is 1. The van der Waals surface area contributed by atoms with Gasteiger partial charge in [0.2, 0.25) is 0 Å². The van der Waals surface area contributed by atoms with Crippen LogP contribution in [-0.2, 0) is 9.53 Å². The van der Waals surface area contributed by atoms with Crippen molar-refractivity contribution in [2.24, 2.45) is 0 Å². The van der Waals surface area contributed by atoms with Gasteiger partial charge in [0.05, 0.1) is 0 Å². The molecular formula is C20H20FNO5. The second-order valence-corrected chi connectivity index (χ2v) is 5.77. The van der Waals surface area contributed by atoms with Gasteiger partial charge in [-0.2, -0.15) is 0 Å². The van der Waals surface area contributed by atoms with Gasteiger partial charge in [0.1, 0.15) is 6.10 Å². The lowest BCUT2D eigenvalue weighted by Crippen LogP contribution is -2.17. The second kappa shape index (κ2) is 9.96. The third-order valence-electron chi connectivity index (χ3n) is 3.71. The number of carbonyl (C=O) groups excluding carboxylic acids is 1. The Balaban J connectivity index is 2.04. The number of benzene rings is 2. The summed E-state index contributed by atoms with van der Waals surface area (Å²) in [5.74, 6) is -2.34. The molecule has 0 bridgehead atoms. The van der Waals surface area contributed by atoms with Crippen LogP contribution in [0.3, 0.4) is 0 Å². The van der Waals surface area contributed by atoms with Crippen LogP contribution in [0.2, 0.25) is 0 Å². The number of anilines is 1. The van der Waals surface area contributed by atoms with Gasteiger partial charge in [0.25, 0.3) is 0 Å². The lowest BCUT2D eigenvalue weighted by atomic mass is 10.0. The molecule has 3 N–H and O–H groups in total. The van der Waals surface area contributed by atoms with Gasteiger partial charge >= 0.3 is 12.1 Å². The molecule has 0 unspecified atom stereocenters. The molecule has 27 heavy (non-hydrogen) atoms. The number of carbonyl (C=O) groups is 2. The molecule has 0 saturated carbocycles. The van der Waals surface area contributed by atoms with E-state index in [4.69, 9.17) is 9.84 Å². The average Bonchev–Trinajstić information content (AvgIpc) is 2.63. The predicted octanol–water partition coefficient (Wildman–Crippen LogP) is 4.63. The van der Waals surface area contributed by atoms with Crippen LogP contribution in [0.4, 0.5) is 14.9 Å². The van der Waals surface area contributed by atoms with E-state index in [-0.39, 0.29) is 0 Å². The number of carboxylic acid groups (broad SMARTS) is 1. The second-order valence-electron chi connectivity index (χ2n) is 5.77. The fraction of sp³-hybridized carbons (Fsp3) is 0.200. The van der Waals surface area contributed by atoms with Gasteiger partial charge in [0, 0.05) is 11.8 Å². The van der Waals surface area contributed by atoms with E-state index in [2.05, 4.69) is 5.32 Å². The number of aromatic hydroxyl groups is 1. The number of aliphatic carboxylic acids is 1. The molecule has 7 heteroatoms. The van der Waals surface area contributed by atoms with E-state index in [0.29, 0.717) is 30.5 Å². The Labute approximate surface area is 155 Å². The van der Waals surface area contributed by atoms with E-state index in [1.54, 1.807) is 24.3 Å². The van der Waals surface area contributed by atoms with Gasteiger partial charge in [0.15, 0.2) is 11.6 Å². The Kier molecular flexibility index (Phi) is 7.37. The topological polar surface area (TPSA) is 95.9 Å². The SMILES string of the molecule is O=C(O)/C=C/CCC[C@H](OC(=O)Nc1ccccc1)c1ccc(O)c(F)c1. The lowest BCUT2D eigenvalue weighted by Gasteiger charge is -2.19. The molecule has 1 amide bonds. The largest absolute Gasteiger partial charge is 0.505 e. The molecule has 0 aliphatic rings. The van der Waals surface area contributed by atoms with E-state index in [0.717, 1.165) is 12.1 Å². The van der Waals surface area contributed by atoms with Crippen molar-refractivity contribution in [2.45, 2.75) is 25.4 Å². The monoisotopic (exact) mass is 373 g/mol. The molecule has 0 aromatic heterocycles. The number of hydrogen-bond donors (Lipinski definition) is 3. The number of phenols is 1. The molecule has 0 aliphatic carbocycles. The zero-order valence-electron chi connectivity index (χ0n) is 14.5. The smallest absolute Gasteiger partial charge is 0.412 e. The Bertz CT molecular complexity index is 807. The molecule has 2 rings (SSSR count). The molecule has 142 valence electrons. The van der Waals surface area contributed by atoms with Crippen molar-refractivity contribution >= 4 is 17.7 Å². The zero-order valence-corrected chi connectivity index (χ0v) is 14.5. The highest BCUT2D eigenvalue weighted by Crippen LogP contribution is 2.28. The fourth-order valence-corrected chi connectivity index (χ4v) is 2.42. The van der Waals surface area contributed by atoms with Gasteiger partial charge in [-0.25, -0.2) is 14.0 Å². The van der Waals surface area contributed by atoms with Crippen LogP contribution in [0.25, 0.3) is 0 Å². The number of hydrogen-bond acceptors (Lipinski definition) is 4. The fourth-order valence-electron chi connectivity index (χ4n) is 2.42. The third kappa shape index (κ3) is 6.81. The van der Waals surface area contributed by atoms with Crippen molar-refractivity contribution in [1.82, 2.24) is 0 Å². The van der Waals surface area contributed by atoms with Gasteiger partial charge in [-0.1, -0.05) is 30.3 Å². The maximum Gasteiger partial charge on any atom is 0.412 e. The summed E-state index contributed by atoms with van der Waals surface area (Å²) in [6.45, 7) is 0. The number of rotatable bonds is 8. The summed E-state index contributed by atoms with van der Waals surface area (Å²) in [6.07, 6.45) is 2.45. The summed E-state index contributed by atoms with van der Waals surface area (Å²) in [4.78, 5) is 22.6. The Morgan fingerprint density at radius 3 is 2.59 bits per heavy atom. The minimum Gasteiger partial charge on any atom is -0.505 e. The van der Waals surface area contributed by atoms with E-state index in [9.17, 15) is 19.1 Å². The Morgan fingerprint density at radius 1 is 1.19 bits per heavy atom.